The molecule has 0 amide bonds. The van der Waals surface area contributed by atoms with E-state index in [0.29, 0.717) is 12.5 Å². The van der Waals surface area contributed by atoms with Crippen LogP contribution in [0.4, 0.5) is 0 Å². The average molecular weight is 131 g/mol. The number of rotatable bonds is 5. The lowest BCUT2D eigenvalue weighted by Gasteiger charge is -2.09. The van der Waals surface area contributed by atoms with Gasteiger partial charge in [0.05, 0.1) is 6.61 Å². The molecular weight excluding hydrogens is 116 g/mol. The van der Waals surface area contributed by atoms with Gasteiger partial charge < -0.3 is 4.74 Å². The Kier molecular flexibility index (Phi) is 5.99. The first kappa shape index (κ1) is 8.92. The van der Waals surface area contributed by atoms with Gasteiger partial charge in [0, 0.05) is 0 Å². The Labute approximate surface area is 56.8 Å². The molecule has 55 valence electrons. The summed E-state index contributed by atoms with van der Waals surface area (Å²) >= 11 is 0. The molecule has 0 unspecified atom stereocenters. The van der Waals surface area contributed by atoms with Gasteiger partial charge >= 0.3 is 0 Å². The minimum Gasteiger partial charge on any atom is -0.352 e. The molecule has 2 heteroatoms. The summed E-state index contributed by atoms with van der Waals surface area (Å²) in [4.78, 5) is 0. The van der Waals surface area contributed by atoms with Crippen LogP contribution >= 0.6 is 0 Å². The van der Waals surface area contributed by atoms with E-state index in [2.05, 4.69) is 13.8 Å². The molecule has 0 N–H and O–H groups in total. The normalized spacial score (nSPS) is 10.7. The molecule has 0 saturated heterocycles. The highest BCUT2D eigenvalue weighted by Crippen LogP contribution is 2.06. The standard InChI is InChI=1S/C7H15O2/c1-3-7(4-2)5-9-6-8/h7H,3-6H2,1-2H3. The molecule has 0 aromatic heterocycles. The maximum atomic E-state index is 9.84. The Morgan fingerprint density at radius 3 is 2.22 bits per heavy atom. The second kappa shape index (κ2) is 6.05. The summed E-state index contributed by atoms with van der Waals surface area (Å²) in [6.07, 6.45) is 2.22. The summed E-state index contributed by atoms with van der Waals surface area (Å²) in [5, 5.41) is 9.84. The van der Waals surface area contributed by atoms with Gasteiger partial charge in [0.15, 0.2) is 6.79 Å². The van der Waals surface area contributed by atoms with E-state index in [1.807, 2.05) is 0 Å². The van der Waals surface area contributed by atoms with E-state index in [1.165, 1.54) is 0 Å². The van der Waals surface area contributed by atoms with E-state index >= 15 is 0 Å². The van der Waals surface area contributed by atoms with E-state index < -0.39 is 6.79 Å². The van der Waals surface area contributed by atoms with E-state index in [4.69, 9.17) is 4.74 Å². The van der Waals surface area contributed by atoms with Crippen molar-refractivity contribution >= 4 is 0 Å². The monoisotopic (exact) mass is 131 g/mol. The van der Waals surface area contributed by atoms with Crippen LogP contribution in [-0.2, 0) is 9.84 Å². The van der Waals surface area contributed by atoms with Crippen LogP contribution in [0.5, 0.6) is 0 Å². The quantitative estimate of drug-likeness (QED) is 0.523. The SMILES string of the molecule is CCC(CC)COC[O]. The summed E-state index contributed by atoms with van der Waals surface area (Å²) in [5.41, 5.74) is 0. The molecule has 0 fully saturated rings. The number of hydrogen-bond acceptors (Lipinski definition) is 1. The van der Waals surface area contributed by atoms with Crippen molar-refractivity contribution in [3.63, 3.8) is 0 Å². The van der Waals surface area contributed by atoms with Gasteiger partial charge in [-0.2, -0.15) is 0 Å². The van der Waals surface area contributed by atoms with Crippen LogP contribution in [0.1, 0.15) is 26.7 Å². The Balaban J connectivity index is 3.09. The third-order valence-corrected chi connectivity index (χ3v) is 1.59. The van der Waals surface area contributed by atoms with Crippen LogP contribution in [0.15, 0.2) is 0 Å². The molecule has 0 aromatic rings. The summed E-state index contributed by atoms with van der Waals surface area (Å²) in [5.74, 6) is 0.582. The Morgan fingerprint density at radius 1 is 1.33 bits per heavy atom. The Hall–Kier alpha value is -0.0800. The molecule has 0 spiro atoms. The zero-order chi connectivity index (χ0) is 7.11. The fourth-order valence-electron chi connectivity index (χ4n) is 0.739. The molecule has 0 saturated carbocycles. The highest BCUT2D eigenvalue weighted by atomic mass is 16.6. The third-order valence-electron chi connectivity index (χ3n) is 1.59. The molecule has 2 nitrogen and oxygen atoms in total. The molecule has 9 heavy (non-hydrogen) atoms. The summed E-state index contributed by atoms with van der Waals surface area (Å²) in [7, 11) is 0. The van der Waals surface area contributed by atoms with Crippen LogP contribution in [0.25, 0.3) is 0 Å². The number of hydrogen-bond donors (Lipinski definition) is 0. The van der Waals surface area contributed by atoms with Gasteiger partial charge in [-0.1, -0.05) is 26.7 Å². The van der Waals surface area contributed by atoms with E-state index in [0.717, 1.165) is 12.8 Å². The Bertz CT molecular complexity index is 50.9. The van der Waals surface area contributed by atoms with Gasteiger partial charge in [0.1, 0.15) is 0 Å². The van der Waals surface area contributed by atoms with Gasteiger partial charge in [0.2, 0.25) is 0 Å². The fraction of sp³-hybridized carbons (Fsp3) is 1.00. The van der Waals surface area contributed by atoms with Gasteiger partial charge in [-0.25, -0.2) is 5.11 Å². The van der Waals surface area contributed by atoms with Crippen LogP contribution in [-0.4, -0.2) is 13.4 Å². The molecule has 0 aliphatic carbocycles. The molecule has 0 aliphatic rings. The highest BCUT2D eigenvalue weighted by Gasteiger charge is 2.01. The topological polar surface area (TPSA) is 29.1 Å². The van der Waals surface area contributed by atoms with Crippen LogP contribution in [0.3, 0.4) is 0 Å². The van der Waals surface area contributed by atoms with Crippen molar-refractivity contribution in [3.8, 4) is 0 Å². The average Bonchev–Trinajstić information content (AvgIpc) is 1.91. The highest BCUT2D eigenvalue weighted by molar-refractivity contribution is 4.50. The molecule has 0 aliphatic heterocycles. The maximum absolute atomic E-state index is 9.84. The maximum Gasteiger partial charge on any atom is 0.180 e. The van der Waals surface area contributed by atoms with Gasteiger partial charge in [0.25, 0.3) is 0 Å². The molecule has 1 radical (unpaired) electrons. The second-order valence-electron chi connectivity index (χ2n) is 2.17. The molecule has 0 rings (SSSR count). The van der Waals surface area contributed by atoms with Crippen molar-refractivity contribution in [2.24, 2.45) is 5.92 Å². The first-order valence-corrected chi connectivity index (χ1v) is 3.50. The fourth-order valence-corrected chi connectivity index (χ4v) is 0.739. The minimum atomic E-state index is -0.392. The lowest BCUT2D eigenvalue weighted by atomic mass is 10.1. The Morgan fingerprint density at radius 2 is 1.89 bits per heavy atom. The van der Waals surface area contributed by atoms with Gasteiger partial charge in [-0.05, 0) is 5.92 Å². The van der Waals surface area contributed by atoms with Crippen LogP contribution in [0, 0.1) is 5.92 Å². The lowest BCUT2D eigenvalue weighted by molar-refractivity contribution is -0.0565. The summed E-state index contributed by atoms with van der Waals surface area (Å²) < 4.78 is 4.72. The van der Waals surface area contributed by atoms with Gasteiger partial charge in [-0.15, -0.1) is 0 Å². The molecule has 0 bridgehead atoms. The second-order valence-corrected chi connectivity index (χ2v) is 2.17. The van der Waals surface area contributed by atoms with Crippen molar-refractivity contribution in [1.29, 1.82) is 0 Å². The predicted molar refractivity (Wildman–Crippen MR) is 35.6 cm³/mol. The zero-order valence-corrected chi connectivity index (χ0v) is 6.22. The summed E-state index contributed by atoms with van der Waals surface area (Å²) in [6.45, 7) is 4.47. The van der Waals surface area contributed by atoms with Crippen LogP contribution < -0.4 is 0 Å². The lowest BCUT2D eigenvalue weighted by Crippen LogP contribution is -2.07. The molecular formula is C7H15O2. The zero-order valence-electron chi connectivity index (χ0n) is 6.22. The van der Waals surface area contributed by atoms with Crippen molar-refractivity contribution < 1.29 is 9.84 Å². The smallest absolute Gasteiger partial charge is 0.180 e. The summed E-state index contributed by atoms with van der Waals surface area (Å²) in [6, 6.07) is 0. The van der Waals surface area contributed by atoms with Crippen molar-refractivity contribution in [1.82, 2.24) is 0 Å². The van der Waals surface area contributed by atoms with E-state index in [1.54, 1.807) is 0 Å². The first-order chi connectivity index (χ1) is 4.35. The van der Waals surface area contributed by atoms with E-state index in [9.17, 15) is 5.11 Å². The van der Waals surface area contributed by atoms with Crippen molar-refractivity contribution in [2.45, 2.75) is 26.7 Å². The largest absolute Gasteiger partial charge is 0.352 e. The molecule has 0 atom stereocenters. The molecule has 0 heterocycles. The van der Waals surface area contributed by atoms with Crippen molar-refractivity contribution in [2.75, 3.05) is 13.4 Å². The van der Waals surface area contributed by atoms with E-state index in [-0.39, 0.29) is 0 Å². The minimum absolute atomic E-state index is 0.392. The third kappa shape index (κ3) is 4.43. The van der Waals surface area contributed by atoms with Crippen molar-refractivity contribution in [3.05, 3.63) is 0 Å². The van der Waals surface area contributed by atoms with Gasteiger partial charge in [-0.3, -0.25) is 0 Å². The predicted octanol–water partition coefficient (Wildman–Crippen LogP) is 1.83. The van der Waals surface area contributed by atoms with Crippen LogP contribution in [0.2, 0.25) is 0 Å². The first-order valence-electron chi connectivity index (χ1n) is 3.50. The number of ether oxygens (including phenoxy) is 1. The molecule has 0 aromatic carbocycles.